The largest absolute Gasteiger partial charge is 0.508 e. The van der Waals surface area contributed by atoms with Gasteiger partial charge in [0.25, 0.3) is 0 Å². The van der Waals surface area contributed by atoms with Crippen molar-refractivity contribution >= 4 is 11.3 Å². The van der Waals surface area contributed by atoms with E-state index in [2.05, 4.69) is 29.4 Å². The van der Waals surface area contributed by atoms with Crippen molar-refractivity contribution in [3.05, 3.63) is 23.2 Å². The summed E-state index contributed by atoms with van der Waals surface area (Å²) in [5, 5.41) is 31.9. The van der Waals surface area contributed by atoms with Crippen molar-refractivity contribution in [2.75, 3.05) is 6.54 Å². The number of phenolic OH excluding ortho intramolecular Hbond substituents is 2. The third-order valence-electron chi connectivity index (χ3n) is 2.45. The summed E-state index contributed by atoms with van der Waals surface area (Å²) < 4.78 is 0. The van der Waals surface area contributed by atoms with Crippen molar-refractivity contribution in [3.63, 3.8) is 0 Å². The second kappa shape index (κ2) is 5.99. The molecule has 0 fully saturated rings. The molecule has 2 rings (SSSR count). The molecule has 1 aromatic heterocycles. The number of phenols is 2. The highest BCUT2D eigenvalue weighted by molar-refractivity contribution is 7.14. The number of nitrogens with one attached hydrogen (secondary N) is 1. The zero-order valence-electron chi connectivity index (χ0n) is 10.9. The molecule has 19 heavy (non-hydrogen) atoms. The fraction of sp³-hybridized carbons (Fsp3) is 0.385. The molecular formula is C13H17N3O2S. The maximum Gasteiger partial charge on any atom is 0.148 e. The SMILES string of the molecule is CC(C)CNCc1nnc(-c2cc(O)cc(O)c2)s1. The van der Waals surface area contributed by atoms with Gasteiger partial charge in [-0.1, -0.05) is 25.2 Å². The Morgan fingerprint density at radius 2 is 1.84 bits per heavy atom. The minimum Gasteiger partial charge on any atom is -0.508 e. The highest BCUT2D eigenvalue weighted by Gasteiger charge is 2.09. The van der Waals surface area contributed by atoms with Crippen LogP contribution >= 0.6 is 11.3 Å². The van der Waals surface area contributed by atoms with Crippen LogP contribution in [0.3, 0.4) is 0 Å². The molecule has 0 amide bonds. The Morgan fingerprint density at radius 1 is 1.16 bits per heavy atom. The average Bonchev–Trinajstić information content (AvgIpc) is 2.76. The number of rotatable bonds is 5. The lowest BCUT2D eigenvalue weighted by atomic mass is 10.2. The first-order chi connectivity index (χ1) is 9.04. The first-order valence-electron chi connectivity index (χ1n) is 6.11. The summed E-state index contributed by atoms with van der Waals surface area (Å²) in [6.07, 6.45) is 0. The molecule has 0 atom stereocenters. The molecule has 0 unspecified atom stereocenters. The monoisotopic (exact) mass is 279 g/mol. The Labute approximate surface area is 115 Å². The number of aromatic hydroxyl groups is 2. The Morgan fingerprint density at radius 3 is 2.47 bits per heavy atom. The van der Waals surface area contributed by atoms with Crippen LogP contribution in [0.5, 0.6) is 11.5 Å². The van der Waals surface area contributed by atoms with E-state index in [0.29, 0.717) is 23.0 Å². The highest BCUT2D eigenvalue weighted by Crippen LogP contribution is 2.30. The summed E-state index contributed by atoms with van der Waals surface area (Å²) in [6, 6.07) is 4.41. The van der Waals surface area contributed by atoms with Crippen LogP contribution in [0.4, 0.5) is 0 Å². The number of benzene rings is 1. The molecule has 0 spiro atoms. The summed E-state index contributed by atoms with van der Waals surface area (Å²) in [4.78, 5) is 0. The van der Waals surface area contributed by atoms with Crippen molar-refractivity contribution in [2.45, 2.75) is 20.4 Å². The van der Waals surface area contributed by atoms with E-state index in [4.69, 9.17) is 0 Å². The number of aromatic nitrogens is 2. The predicted octanol–water partition coefficient (Wildman–Crippen LogP) is 2.36. The first kappa shape index (κ1) is 13.8. The van der Waals surface area contributed by atoms with Gasteiger partial charge in [0.1, 0.15) is 21.5 Å². The topological polar surface area (TPSA) is 78.3 Å². The molecule has 6 heteroatoms. The van der Waals surface area contributed by atoms with Crippen LogP contribution in [0.15, 0.2) is 18.2 Å². The lowest BCUT2D eigenvalue weighted by Gasteiger charge is -2.04. The van der Waals surface area contributed by atoms with Gasteiger partial charge in [0, 0.05) is 18.2 Å². The molecule has 0 aliphatic carbocycles. The van der Waals surface area contributed by atoms with Gasteiger partial charge in [-0.3, -0.25) is 0 Å². The van der Waals surface area contributed by atoms with E-state index in [-0.39, 0.29) is 11.5 Å². The quantitative estimate of drug-likeness (QED) is 0.783. The molecule has 1 heterocycles. The van der Waals surface area contributed by atoms with E-state index in [9.17, 15) is 10.2 Å². The molecule has 2 aromatic rings. The van der Waals surface area contributed by atoms with Crippen LogP contribution in [0.2, 0.25) is 0 Å². The van der Waals surface area contributed by atoms with Crippen LogP contribution in [0, 0.1) is 5.92 Å². The van der Waals surface area contributed by atoms with Gasteiger partial charge < -0.3 is 15.5 Å². The van der Waals surface area contributed by atoms with Crippen LogP contribution < -0.4 is 5.32 Å². The van der Waals surface area contributed by atoms with Gasteiger partial charge in [-0.05, 0) is 24.6 Å². The maximum atomic E-state index is 9.45. The summed E-state index contributed by atoms with van der Waals surface area (Å²) >= 11 is 1.45. The van der Waals surface area contributed by atoms with E-state index in [0.717, 1.165) is 11.6 Å². The minimum absolute atomic E-state index is 0.0182. The fourth-order valence-corrected chi connectivity index (χ4v) is 2.42. The Bertz CT molecular complexity index is 534. The number of nitrogens with zero attached hydrogens (tertiary/aromatic N) is 2. The second-order valence-corrected chi connectivity index (χ2v) is 5.83. The van der Waals surface area contributed by atoms with Crippen molar-refractivity contribution in [1.82, 2.24) is 15.5 Å². The van der Waals surface area contributed by atoms with E-state index in [1.165, 1.54) is 17.4 Å². The molecule has 0 bridgehead atoms. The zero-order valence-corrected chi connectivity index (χ0v) is 11.7. The highest BCUT2D eigenvalue weighted by atomic mass is 32.1. The summed E-state index contributed by atoms with van der Waals surface area (Å²) in [5.74, 6) is 0.629. The first-order valence-corrected chi connectivity index (χ1v) is 6.92. The van der Waals surface area contributed by atoms with Crippen LogP contribution in [-0.2, 0) is 6.54 Å². The predicted molar refractivity (Wildman–Crippen MR) is 75.2 cm³/mol. The van der Waals surface area contributed by atoms with Gasteiger partial charge in [-0.2, -0.15) is 0 Å². The van der Waals surface area contributed by atoms with E-state index in [1.807, 2.05) is 0 Å². The third kappa shape index (κ3) is 3.90. The molecular weight excluding hydrogens is 262 g/mol. The standard InChI is InChI=1S/C13H17N3O2S/c1-8(2)6-14-7-12-15-16-13(19-12)9-3-10(17)5-11(18)4-9/h3-5,8,14,17-18H,6-7H2,1-2H3. The van der Waals surface area contributed by atoms with Crippen LogP contribution in [0.1, 0.15) is 18.9 Å². The van der Waals surface area contributed by atoms with Gasteiger partial charge in [-0.25, -0.2) is 0 Å². The van der Waals surface area contributed by atoms with Gasteiger partial charge in [-0.15, -0.1) is 10.2 Å². The molecule has 5 nitrogen and oxygen atoms in total. The van der Waals surface area contributed by atoms with Gasteiger partial charge >= 0.3 is 0 Å². The van der Waals surface area contributed by atoms with Crippen LogP contribution in [0.25, 0.3) is 10.6 Å². The second-order valence-electron chi connectivity index (χ2n) is 4.76. The van der Waals surface area contributed by atoms with Crippen molar-refractivity contribution in [3.8, 4) is 22.1 Å². The summed E-state index contributed by atoms with van der Waals surface area (Å²) in [6.45, 7) is 5.91. The normalized spacial score (nSPS) is 11.1. The van der Waals surface area contributed by atoms with Crippen LogP contribution in [-0.4, -0.2) is 27.0 Å². The zero-order chi connectivity index (χ0) is 13.8. The smallest absolute Gasteiger partial charge is 0.148 e. The van der Waals surface area contributed by atoms with E-state index in [1.54, 1.807) is 12.1 Å². The third-order valence-corrected chi connectivity index (χ3v) is 3.42. The Kier molecular flexibility index (Phi) is 4.34. The summed E-state index contributed by atoms with van der Waals surface area (Å²) in [7, 11) is 0. The van der Waals surface area contributed by atoms with Gasteiger partial charge in [0.2, 0.25) is 0 Å². The molecule has 0 saturated heterocycles. The lowest BCUT2D eigenvalue weighted by Crippen LogP contribution is -2.18. The van der Waals surface area contributed by atoms with Gasteiger partial charge in [0.15, 0.2) is 0 Å². The fourth-order valence-electron chi connectivity index (χ4n) is 1.63. The van der Waals surface area contributed by atoms with Crippen molar-refractivity contribution in [1.29, 1.82) is 0 Å². The Balaban J connectivity index is 2.07. The van der Waals surface area contributed by atoms with E-state index >= 15 is 0 Å². The molecule has 0 saturated carbocycles. The van der Waals surface area contributed by atoms with Gasteiger partial charge in [0.05, 0.1) is 0 Å². The lowest BCUT2D eigenvalue weighted by molar-refractivity contribution is 0.451. The number of hydrogen-bond acceptors (Lipinski definition) is 6. The minimum atomic E-state index is 0.0182. The number of hydrogen-bond donors (Lipinski definition) is 3. The van der Waals surface area contributed by atoms with Crippen molar-refractivity contribution < 1.29 is 10.2 Å². The molecule has 3 N–H and O–H groups in total. The Hall–Kier alpha value is -1.66. The molecule has 0 aliphatic rings. The maximum absolute atomic E-state index is 9.45. The average molecular weight is 279 g/mol. The molecule has 1 aromatic carbocycles. The van der Waals surface area contributed by atoms with E-state index < -0.39 is 0 Å². The van der Waals surface area contributed by atoms with Crippen molar-refractivity contribution in [2.24, 2.45) is 5.92 Å². The molecule has 0 radical (unpaired) electrons. The molecule has 102 valence electrons. The summed E-state index contributed by atoms with van der Waals surface area (Å²) in [5.41, 5.74) is 0.671. The molecule has 0 aliphatic heterocycles.